The highest BCUT2D eigenvalue weighted by molar-refractivity contribution is 5.92. The van der Waals surface area contributed by atoms with E-state index in [4.69, 9.17) is 0 Å². The Morgan fingerprint density at radius 3 is 2.41 bits per heavy atom. The maximum absolute atomic E-state index is 13.6. The van der Waals surface area contributed by atoms with Crippen molar-refractivity contribution in [2.45, 2.75) is 13.0 Å². The number of anilines is 1. The Labute approximate surface area is 155 Å². The zero-order chi connectivity index (χ0) is 19.1. The molecule has 0 saturated heterocycles. The first-order valence-corrected chi connectivity index (χ1v) is 8.45. The molecule has 0 radical (unpaired) electrons. The molecule has 2 aromatic carbocycles. The van der Waals surface area contributed by atoms with E-state index in [9.17, 15) is 13.6 Å². The van der Waals surface area contributed by atoms with Crippen LogP contribution in [0.3, 0.4) is 0 Å². The van der Waals surface area contributed by atoms with Gasteiger partial charge in [0, 0.05) is 18.7 Å². The molecule has 1 heterocycles. The van der Waals surface area contributed by atoms with Crippen molar-refractivity contribution in [3.05, 3.63) is 89.1 Å². The zero-order valence-electron chi connectivity index (χ0n) is 14.5. The molecular formula is C20H18F2N4O. The number of nitrogens with zero attached hydrogens (tertiary/aromatic N) is 2. The van der Waals surface area contributed by atoms with Crippen molar-refractivity contribution in [3.8, 4) is 0 Å². The quantitative estimate of drug-likeness (QED) is 0.671. The Bertz CT molecular complexity index is 899. The average molecular weight is 368 g/mol. The molecule has 2 N–H and O–H groups in total. The summed E-state index contributed by atoms with van der Waals surface area (Å²) in [5.74, 6) is -0.483. The van der Waals surface area contributed by atoms with Gasteiger partial charge in [-0.1, -0.05) is 30.3 Å². The molecule has 0 aliphatic heterocycles. The zero-order valence-corrected chi connectivity index (χ0v) is 14.5. The molecule has 7 heteroatoms. The minimum Gasteiger partial charge on any atom is -0.364 e. The molecule has 0 unspecified atom stereocenters. The number of benzene rings is 2. The predicted molar refractivity (Wildman–Crippen MR) is 98.2 cm³/mol. The predicted octanol–water partition coefficient (Wildman–Crippen LogP) is 3.34. The number of amides is 1. The van der Waals surface area contributed by atoms with E-state index >= 15 is 0 Å². The second kappa shape index (κ2) is 8.84. The third-order valence-corrected chi connectivity index (χ3v) is 3.93. The maximum Gasteiger partial charge on any atom is 0.271 e. The second-order valence-corrected chi connectivity index (χ2v) is 5.88. The number of nitrogens with one attached hydrogen (secondary N) is 2. The van der Waals surface area contributed by atoms with Crippen molar-refractivity contribution in [2.75, 3.05) is 11.9 Å². The van der Waals surface area contributed by atoms with Crippen LogP contribution in [-0.4, -0.2) is 22.6 Å². The van der Waals surface area contributed by atoms with Gasteiger partial charge in [-0.2, -0.15) is 0 Å². The van der Waals surface area contributed by atoms with Gasteiger partial charge in [-0.3, -0.25) is 4.79 Å². The van der Waals surface area contributed by atoms with E-state index in [1.165, 1.54) is 18.2 Å². The number of carbonyl (C=O) groups excluding carboxylic acids is 1. The Morgan fingerprint density at radius 1 is 0.926 bits per heavy atom. The molecule has 5 nitrogen and oxygen atoms in total. The van der Waals surface area contributed by atoms with Crippen molar-refractivity contribution in [3.63, 3.8) is 0 Å². The van der Waals surface area contributed by atoms with Crippen molar-refractivity contribution in [2.24, 2.45) is 0 Å². The van der Waals surface area contributed by atoms with Gasteiger partial charge in [0.05, 0.1) is 0 Å². The SMILES string of the molecule is O=C(NCCc1ccc(F)cc1)c1ccc(NCc2ccccc2F)nn1. The van der Waals surface area contributed by atoms with Gasteiger partial charge >= 0.3 is 0 Å². The van der Waals surface area contributed by atoms with Crippen LogP contribution >= 0.6 is 0 Å². The van der Waals surface area contributed by atoms with Crippen LogP contribution in [-0.2, 0) is 13.0 Å². The van der Waals surface area contributed by atoms with Crippen LogP contribution in [0.25, 0.3) is 0 Å². The Balaban J connectivity index is 1.48. The standard InChI is InChI=1S/C20H18F2N4O/c21-16-7-5-14(6-8-16)11-12-23-20(27)18-9-10-19(26-25-18)24-13-15-3-1-2-4-17(15)22/h1-10H,11-13H2,(H,23,27)(H,24,26). The Morgan fingerprint density at radius 2 is 1.70 bits per heavy atom. The molecular weight excluding hydrogens is 350 g/mol. The summed E-state index contributed by atoms with van der Waals surface area (Å²) in [6.45, 7) is 0.671. The molecule has 0 aliphatic carbocycles. The van der Waals surface area contributed by atoms with E-state index in [1.54, 1.807) is 42.5 Å². The number of aromatic nitrogens is 2. The van der Waals surface area contributed by atoms with Crippen LogP contribution in [0.1, 0.15) is 21.6 Å². The van der Waals surface area contributed by atoms with Crippen molar-refractivity contribution in [1.82, 2.24) is 15.5 Å². The highest BCUT2D eigenvalue weighted by Gasteiger charge is 2.08. The Kier molecular flexibility index (Phi) is 6.04. The summed E-state index contributed by atoms with van der Waals surface area (Å²) in [5.41, 5.74) is 1.63. The lowest BCUT2D eigenvalue weighted by Gasteiger charge is -2.07. The molecule has 0 saturated carbocycles. The minimum atomic E-state index is -0.342. The van der Waals surface area contributed by atoms with Crippen molar-refractivity contribution in [1.29, 1.82) is 0 Å². The monoisotopic (exact) mass is 368 g/mol. The topological polar surface area (TPSA) is 66.9 Å². The molecule has 0 aliphatic rings. The average Bonchev–Trinajstić information content (AvgIpc) is 2.69. The van der Waals surface area contributed by atoms with Crippen LogP contribution in [0.2, 0.25) is 0 Å². The minimum absolute atomic E-state index is 0.186. The van der Waals surface area contributed by atoms with Gasteiger partial charge in [-0.25, -0.2) is 8.78 Å². The normalized spacial score (nSPS) is 10.4. The van der Waals surface area contributed by atoms with Gasteiger partial charge in [0.1, 0.15) is 17.5 Å². The second-order valence-electron chi connectivity index (χ2n) is 5.88. The third-order valence-electron chi connectivity index (χ3n) is 3.93. The van der Waals surface area contributed by atoms with Gasteiger partial charge < -0.3 is 10.6 Å². The molecule has 0 atom stereocenters. The van der Waals surface area contributed by atoms with Crippen LogP contribution < -0.4 is 10.6 Å². The fraction of sp³-hybridized carbons (Fsp3) is 0.150. The molecule has 3 rings (SSSR count). The first kappa shape index (κ1) is 18.4. The van der Waals surface area contributed by atoms with Gasteiger partial charge in [-0.15, -0.1) is 10.2 Å². The van der Waals surface area contributed by atoms with E-state index < -0.39 is 0 Å². The van der Waals surface area contributed by atoms with Crippen LogP contribution in [0.15, 0.2) is 60.7 Å². The van der Waals surface area contributed by atoms with Gasteiger partial charge in [0.15, 0.2) is 5.69 Å². The summed E-state index contributed by atoms with van der Waals surface area (Å²) >= 11 is 0. The summed E-state index contributed by atoms with van der Waals surface area (Å²) < 4.78 is 26.4. The van der Waals surface area contributed by atoms with E-state index in [1.807, 2.05) is 0 Å². The third kappa shape index (κ3) is 5.31. The highest BCUT2D eigenvalue weighted by Crippen LogP contribution is 2.09. The number of halogens is 2. The van der Waals surface area contributed by atoms with Crippen molar-refractivity contribution >= 4 is 11.7 Å². The van der Waals surface area contributed by atoms with Crippen LogP contribution in [0.4, 0.5) is 14.6 Å². The summed E-state index contributed by atoms with van der Waals surface area (Å²) in [5, 5.41) is 13.5. The van der Waals surface area contributed by atoms with E-state index in [0.717, 1.165) is 5.56 Å². The van der Waals surface area contributed by atoms with Gasteiger partial charge in [-0.05, 0) is 42.3 Å². The molecule has 27 heavy (non-hydrogen) atoms. The molecule has 138 valence electrons. The summed E-state index contributed by atoms with van der Waals surface area (Å²) in [6.07, 6.45) is 0.585. The first-order chi connectivity index (χ1) is 13.1. The van der Waals surface area contributed by atoms with Gasteiger partial charge in [0.25, 0.3) is 5.91 Å². The lowest BCUT2D eigenvalue weighted by atomic mass is 10.1. The molecule has 1 amide bonds. The van der Waals surface area contributed by atoms with E-state index in [2.05, 4.69) is 20.8 Å². The Hall–Kier alpha value is -3.35. The summed E-state index contributed by atoms with van der Waals surface area (Å²) in [4.78, 5) is 12.1. The first-order valence-electron chi connectivity index (χ1n) is 8.45. The fourth-order valence-electron chi connectivity index (χ4n) is 2.44. The smallest absolute Gasteiger partial charge is 0.271 e. The largest absolute Gasteiger partial charge is 0.364 e. The van der Waals surface area contributed by atoms with Crippen molar-refractivity contribution < 1.29 is 13.6 Å². The van der Waals surface area contributed by atoms with Crippen LogP contribution in [0, 0.1) is 11.6 Å². The lowest BCUT2D eigenvalue weighted by molar-refractivity contribution is 0.0948. The highest BCUT2D eigenvalue weighted by atomic mass is 19.1. The number of carbonyl (C=O) groups is 1. The lowest BCUT2D eigenvalue weighted by Crippen LogP contribution is -2.26. The molecule has 1 aromatic heterocycles. The van der Waals surface area contributed by atoms with E-state index in [0.29, 0.717) is 24.3 Å². The summed E-state index contributed by atoms with van der Waals surface area (Å²) in [7, 11) is 0. The number of hydrogen-bond donors (Lipinski definition) is 2. The van der Waals surface area contributed by atoms with Crippen LogP contribution in [0.5, 0.6) is 0 Å². The fourth-order valence-corrected chi connectivity index (χ4v) is 2.44. The molecule has 3 aromatic rings. The molecule has 0 fully saturated rings. The molecule has 0 bridgehead atoms. The maximum atomic E-state index is 13.6. The van der Waals surface area contributed by atoms with Gasteiger partial charge in [0.2, 0.25) is 0 Å². The van der Waals surface area contributed by atoms with E-state index in [-0.39, 0.29) is 29.8 Å². The number of hydrogen-bond acceptors (Lipinski definition) is 4. The number of rotatable bonds is 7. The summed E-state index contributed by atoms with van der Waals surface area (Å²) in [6, 6.07) is 15.7. The molecule has 0 spiro atoms.